The van der Waals surface area contributed by atoms with Crippen LogP contribution in [0.25, 0.3) is 45.4 Å². The van der Waals surface area contributed by atoms with Crippen molar-refractivity contribution in [2.24, 2.45) is 0 Å². The first-order valence-electron chi connectivity index (χ1n) is 8.91. The fourth-order valence-corrected chi connectivity index (χ4v) is 3.85. The van der Waals surface area contributed by atoms with Gasteiger partial charge in [-0.3, -0.25) is 4.98 Å². The maximum Gasteiger partial charge on any atom is 0.0607 e. The van der Waals surface area contributed by atoms with Crippen molar-refractivity contribution < 1.29 is 20.1 Å². The molecule has 0 aliphatic heterocycles. The van der Waals surface area contributed by atoms with Gasteiger partial charge in [0.25, 0.3) is 0 Å². The monoisotopic (exact) mass is 525 g/mol. The fourth-order valence-electron chi connectivity index (χ4n) is 3.85. The van der Waals surface area contributed by atoms with Gasteiger partial charge in [0.1, 0.15) is 0 Å². The van der Waals surface area contributed by atoms with Crippen LogP contribution in [0.5, 0.6) is 0 Å². The third-order valence-electron chi connectivity index (χ3n) is 5.11. The molecule has 0 unspecified atom stereocenters. The molecule has 1 heterocycles. The van der Waals surface area contributed by atoms with Gasteiger partial charge >= 0.3 is 0 Å². The van der Waals surface area contributed by atoms with E-state index in [0.29, 0.717) is 0 Å². The van der Waals surface area contributed by atoms with Crippen LogP contribution in [0.2, 0.25) is 0 Å². The average Bonchev–Trinajstić information content (AvgIpc) is 3.07. The Morgan fingerprint density at radius 1 is 0.852 bits per heavy atom. The van der Waals surface area contributed by atoms with Crippen molar-refractivity contribution in [1.29, 1.82) is 0 Å². The van der Waals surface area contributed by atoms with Crippen molar-refractivity contribution in [3.05, 3.63) is 89.0 Å². The minimum Gasteiger partial charge on any atom is -0.296 e. The second kappa shape index (κ2) is 6.88. The summed E-state index contributed by atoms with van der Waals surface area (Å²) < 4.78 is 0. The Kier molecular flexibility index (Phi) is 4.55. The first kappa shape index (κ1) is 17.9. The normalized spacial score (nSPS) is 11.6. The topological polar surface area (TPSA) is 12.9 Å². The van der Waals surface area contributed by atoms with Gasteiger partial charge in [-0.15, -0.1) is 35.4 Å². The number of pyridine rings is 1. The molecule has 0 atom stereocenters. The number of aromatic nitrogens is 1. The summed E-state index contributed by atoms with van der Waals surface area (Å²) in [5, 5.41) is 1.25. The summed E-state index contributed by atoms with van der Waals surface area (Å²) in [6.07, 6.45) is 4.34. The molecular weight excluding hydrogens is 506 g/mol. The van der Waals surface area contributed by atoms with E-state index in [9.17, 15) is 0 Å². The molecule has 0 saturated heterocycles. The van der Waals surface area contributed by atoms with E-state index in [0.717, 1.165) is 16.8 Å². The van der Waals surface area contributed by atoms with Crippen molar-refractivity contribution in [2.75, 3.05) is 0 Å². The molecule has 1 radical (unpaired) electrons. The van der Waals surface area contributed by atoms with Crippen molar-refractivity contribution >= 4 is 23.1 Å². The molecule has 0 saturated carbocycles. The number of benzene rings is 3. The van der Waals surface area contributed by atoms with Crippen molar-refractivity contribution in [2.45, 2.75) is 13.8 Å². The SMILES string of the molecule is Cc1ccc(-c2cc[c-]c(-c3cc4c5c(cccc5n3)C=C4)c2)c(C)c1.[Ir]. The Morgan fingerprint density at radius 2 is 1.70 bits per heavy atom. The van der Waals surface area contributed by atoms with Crippen LogP contribution in [0, 0.1) is 19.9 Å². The Bertz CT molecular complexity index is 1200. The van der Waals surface area contributed by atoms with E-state index in [-0.39, 0.29) is 20.1 Å². The summed E-state index contributed by atoms with van der Waals surface area (Å²) in [6, 6.07) is 24.8. The summed E-state index contributed by atoms with van der Waals surface area (Å²) >= 11 is 0. The number of nitrogens with zero attached hydrogens (tertiary/aromatic N) is 1. The number of aryl methyl sites for hydroxylation is 2. The van der Waals surface area contributed by atoms with Crippen LogP contribution in [0.15, 0.2) is 60.7 Å². The molecule has 133 valence electrons. The van der Waals surface area contributed by atoms with Gasteiger partial charge in [0, 0.05) is 25.5 Å². The Morgan fingerprint density at radius 3 is 2.56 bits per heavy atom. The quantitative estimate of drug-likeness (QED) is 0.241. The van der Waals surface area contributed by atoms with E-state index in [1.165, 1.54) is 38.8 Å². The maximum absolute atomic E-state index is 4.91. The number of hydrogen-bond acceptors (Lipinski definition) is 1. The molecule has 1 aliphatic rings. The summed E-state index contributed by atoms with van der Waals surface area (Å²) in [7, 11) is 0. The molecule has 1 aliphatic carbocycles. The van der Waals surface area contributed by atoms with Crippen molar-refractivity contribution in [3.8, 4) is 22.4 Å². The van der Waals surface area contributed by atoms with Gasteiger partial charge in [-0.05, 0) is 47.9 Å². The molecule has 0 N–H and O–H groups in total. The van der Waals surface area contributed by atoms with Crippen LogP contribution >= 0.6 is 0 Å². The average molecular weight is 525 g/mol. The molecule has 0 amide bonds. The van der Waals surface area contributed by atoms with Gasteiger partial charge in [-0.2, -0.15) is 0 Å². The summed E-state index contributed by atoms with van der Waals surface area (Å²) in [6.45, 7) is 4.30. The van der Waals surface area contributed by atoms with Crippen molar-refractivity contribution in [3.63, 3.8) is 0 Å². The van der Waals surface area contributed by atoms with Crippen LogP contribution < -0.4 is 0 Å². The van der Waals surface area contributed by atoms with E-state index in [1.807, 2.05) is 6.07 Å². The van der Waals surface area contributed by atoms with E-state index in [1.54, 1.807) is 0 Å². The molecule has 0 spiro atoms. The molecule has 3 aromatic carbocycles. The number of rotatable bonds is 2. The van der Waals surface area contributed by atoms with Crippen LogP contribution in [-0.2, 0) is 20.1 Å². The molecule has 0 bridgehead atoms. The first-order valence-corrected chi connectivity index (χ1v) is 8.91. The summed E-state index contributed by atoms with van der Waals surface area (Å²) in [5.41, 5.74) is 10.6. The Labute approximate surface area is 173 Å². The predicted molar refractivity (Wildman–Crippen MR) is 110 cm³/mol. The fraction of sp³-hybridized carbons (Fsp3) is 0.0800. The van der Waals surface area contributed by atoms with Gasteiger partial charge in [-0.25, -0.2) is 0 Å². The van der Waals surface area contributed by atoms with Crippen molar-refractivity contribution in [1.82, 2.24) is 4.98 Å². The van der Waals surface area contributed by atoms with E-state index in [4.69, 9.17) is 4.98 Å². The summed E-state index contributed by atoms with van der Waals surface area (Å²) in [4.78, 5) is 4.91. The first-order chi connectivity index (χ1) is 12.7. The minimum absolute atomic E-state index is 0. The molecule has 27 heavy (non-hydrogen) atoms. The molecule has 4 aromatic rings. The largest absolute Gasteiger partial charge is 0.296 e. The standard InChI is InChI=1S/C25H18N.Ir/c1-16-9-12-22(17(2)13-16)19-6-3-7-20(14-19)24-15-21-11-10-18-5-4-8-23(26-24)25(18)21;/h3-6,8-15H,1-2H3;/q-1;. The maximum atomic E-state index is 4.91. The zero-order chi connectivity index (χ0) is 17.7. The van der Waals surface area contributed by atoms with E-state index in [2.05, 4.69) is 86.7 Å². The van der Waals surface area contributed by atoms with E-state index < -0.39 is 0 Å². The number of hydrogen-bond donors (Lipinski definition) is 0. The van der Waals surface area contributed by atoms with Crippen LogP contribution in [0.3, 0.4) is 0 Å². The Hall–Kier alpha value is -2.54. The van der Waals surface area contributed by atoms with Gasteiger partial charge in [0.2, 0.25) is 0 Å². The molecule has 1 aromatic heterocycles. The predicted octanol–water partition coefficient (Wildman–Crippen LogP) is 6.47. The zero-order valence-electron chi connectivity index (χ0n) is 15.2. The molecule has 2 heteroatoms. The third kappa shape index (κ3) is 3.06. The van der Waals surface area contributed by atoms with Gasteiger partial charge in [-0.1, -0.05) is 54.1 Å². The molecule has 5 rings (SSSR count). The van der Waals surface area contributed by atoms with Crippen LogP contribution in [0.1, 0.15) is 22.3 Å². The van der Waals surface area contributed by atoms with E-state index >= 15 is 0 Å². The third-order valence-corrected chi connectivity index (χ3v) is 5.11. The summed E-state index contributed by atoms with van der Waals surface area (Å²) in [5.74, 6) is 0. The zero-order valence-corrected chi connectivity index (χ0v) is 17.6. The minimum atomic E-state index is 0. The second-order valence-corrected chi connectivity index (χ2v) is 6.98. The van der Waals surface area contributed by atoms with Crippen LogP contribution in [0.4, 0.5) is 0 Å². The second-order valence-electron chi connectivity index (χ2n) is 6.98. The molecule has 0 fully saturated rings. The Balaban J connectivity index is 0.00000180. The van der Waals surface area contributed by atoms with Crippen LogP contribution in [-0.4, -0.2) is 4.98 Å². The molecule has 1 nitrogen and oxygen atoms in total. The molecular formula is C25H18IrN-. The smallest absolute Gasteiger partial charge is 0.0607 e. The van der Waals surface area contributed by atoms with Gasteiger partial charge in [0.05, 0.1) is 5.52 Å². The van der Waals surface area contributed by atoms with Gasteiger partial charge < -0.3 is 0 Å². The van der Waals surface area contributed by atoms with Gasteiger partial charge in [0.15, 0.2) is 0 Å².